The van der Waals surface area contributed by atoms with Crippen molar-refractivity contribution < 1.29 is 23.1 Å². The molecule has 2 aromatic rings. The molecule has 200 valence electrons. The highest BCUT2D eigenvalue weighted by Gasteiger charge is 2.54. The summed E-state index contributed by atoms with van der Waals surface area (Å²) in [5.41, 5.74) is 0.538. The standard InChI is InChI=1S/C28H33Cl2NO5S/c1-3-22(17-37(35,36)23-12-13-23)31-26(18-8-10-20(29)11-9-18)24(19-6-5-7-21(30)14-19)15-28(4-2,27(31)34)16-25(32)33/h5-11,14,22-24,26H,3-4,12-13,15-17H2,1-2H3,(H,32,33). The number of piperidine rings is 1. The number of sulfone groups is 1. The van der Waals surface area contributed by atoms with Gasteiger partial charge in [-0.15, -0.1) is 0 Å². The van der Waals surface area contributed by atoms with Gasteiger partial charge in [0.2, 0.25) is 5.91 Å². The molecule has 0 radical (unpaired) electrons. The molecule has 1 heterocycles. The van der Waals surface area contributed by atoms with Crippen molar-refractivity contribution in [2.45, 2.75) is 75.6 Å². The number of hydrogen-bond donors (Lipinski definition) is 1. The van der Waals surface area contributed by atoms with Gasteiger partial charge in [-0.2, -0.15) is 0 Å². The van der Waals surface area contributed by atoms with Crippen molar-refractivity contribution in [1.82, 2.24) is 4.90 Å². The monoisotopic (exact) mass is 565 g/mol. The third kappa shape index (κ3) is 5.84. The number of likely N-dealkylation sites (tertiary alicyclic amines) is 1. The topological polar surface area (TPSA) is 91.8 Å². The lowest BCUT2D eigenvalue weighted by Crippen LogP contribution is -2.58. The molecule has 4 rings (SSSR count). The number of benzene rings is 2. The fourth-order valence-electron chi connectivity index (χ4n) is 5.78. The SMILES string of the molecule is CCC(CS(=O)(=O)C1CC1)N1C(=O)C(CC)(CC(=O)O)CC(c2cccc(Cl)c2)C1c1ccc(Cl)cc1. The van der Waals surface area contributed by atoms with Gasteiger partial charge in [-0.05, 0) is 67.5 Å². The molecule has 2 fully saturated rings. The molecule has 9 heteroatoms. The number of carbonyl (C=O) groups is 2. The molecule has 1 aliphatic carbocycles. The second-order valence-electron chi connectivity index (χ2n) is 10.4. The van der Waals surface area contributed by atoms with Crippen LogP contribution in [0.1, 0.15) is 75.5 Å². The summed E-state index contributed by atoms with van der Waals surface area (Å²) in [5.74, 6) is -1.79. The quantitative estimate of drug-likeness (QED) is 0.366. The highest BCUT2D eigenvalue weighted by atomic mass is 35.5. The number of carboxylic acids is 1. The smallest absolute Gasteiger partial charge is 0.304 e. The molecule has 0 spiro atoms. The van der Waals surface area contributed by atoms with E-state index in [4.69, 9.17) is 23.2 Å². The van der Waals surface area contributed by atoms with Gasteiger partial charge in [-0.1, -0.05) is 61.3 Å². The second-order valence-corrected chi connectivity index (χ2v) is 13.6. The normalized spacial score (nSPS) is 25.2. The molecule has 4 unspecified atom stereocenters. The van der Waals surface area contributed by atoms with Crippen LogP contribution in [0.5, 0.6) is 0 Å². The van der Waals surface area contributed by atoms with Crippen molar-refractivity contribution in [1.29, 1.82) is 0 Å². The Morgan fingerprint density at radius 2 is 1.76 bits per heavy atom. The van der Waals surface area contributed by atoms with Crippen LogP contribution in [0.3, 0.4) is 0 Å². The summed E-state index contributed by atoms with van der Waals surface area (Å²) in [7, 11) is -3.39. The number of carboxylic acid groups (broad SMARTS) is 1. The van der Waals surface area contributed by atoms with Gasteiger partial charge in [0.1, 0.15) is 0 Å². The Labute approximate surface area is 228 Å². The molecular weight excluding hydrogens is 533 g/mol. The van der Waals surface area contributed by atoms with E-state index in [0.29, 0.717) is 42.1 Å². The molecule has 4 atom stereocenters. The molecule has 37 heavy (non-hydrogen) atoms. The Balaban J connectivity index is 1.92. The van der Waals surface area contributed by atoms with Gasteiger partial charge in [0, 0.05) is 22.0 Å². The summed E-state index contributed by atoms with van der Waals surface area (Å²) in [4.78, 5) is 28.1. The van der Waals surface area contributed by atoms with E-state index in [1.165, 1.54) is 0 Å². The largest absolute Gasteiger partial charge is 0.481 e. The summed E-state index contributed by atoms with van der Waals surface area (Å²) in [6.07, 6.45) is 2.04. The van der Waals surface area contributed by atoms with Crippen LogP contribution in [-0.2, 0) is 19.4 Å². The van der Waals surface area contributed by atoms with Crippen LogP contribution in [0, 0.1) is 5.41 Å². The number of halogens is 2. The van der Waals surface area contributed by atoms with Gasteiger partial charge in [0.15, 0.2) is 9.84 Å². The molecule has 0 aromatic heterocycles. The Morgan fingerprint density at radius 1 is 1.08 bits per heavy atom. The Hall–Kier alpha value is -2.09. The molecular formula is C28H33Cl2NO5S. The first-order valence-electron chi connectivity index (χ1n) is 12.8. The van der Waals surface area contributed by atoms with E-state index >= 15 is 0 Å². The first kappa shape index (κ1) is 27.9. The van der Waals surface area contributed by atoms with E-state index in [9.17, 15) is 23.1 Å². The van der Waals surface area contributed by atoms with E-state index in [0.717, 1.165) is 11.1 Å². The highest BCUT2D eigenvalue weighted by Crippen LogP contribution is 2.53. The van der Waals surface area contributed by atoms with Crippen LogP contribution in [0.4, 0.5) is 0 Å². The molecule has 1 aliphatic heterocycles. The maximum absolute atomic E-state index is 14.4. The van der Waals surface area contributed by atoms with Gasteiger partial charge in [-0.3, -0.25) is 9.59 Å². The average Bonchev–Trinajstić information content (AvgIpc) is 3.70. The van der Waals surface area contributed by atoms with Crippen LogP contribution >= 0.6 is 23.2 Å². The fraction of sp³-hybridized carbons (Fsp3) is 0.500. The predicted molar refractivity (Wildman–Crippen MR) is 146 cm³/mol. The van der Waals surface area contributed by atoms with Crippen molar-refractivity contribution >= 4 is 44.9 Å². The minimum absolute atomic E-state index is 0.140. The Kier molecular flexibility index (Phi) is 8.27. The van der Waals surface area contributed by atoms with Gasteiger partial charge in [0.25, 0.3) is 0 Å². The number of aliphatic carboxylic acids is 1. The van der Waals surface area contributed by atoms with Gasteiger partial charge >= 0.3 is 5.97 Å². The lowest BCUT2D eigenvalue weighted by Gasteiger charge is -2.52. The van der Waals surface area contributed by atoms with Gasteiger partial charge < -0.3 is 10.0 Å². The summed E-state index contributed by atoms with van der Waals surface area (Å²) in [6.45, 7) is 3.71. The summed E-state index contributed by atoms with van der Waals surface area (Å²) < 4.78 is 26.3. The minimum Gasteiger partial charge on any atom is -0.481 e. The number of carbonyl (C=O) groups excluding carboxylic acids is 1. The first-order chi connectivity index (χ1) is 17.5. The summed E-state index contributed by atoms with van der Waals surface area (Å²) in [5, 5.41) is 10.6. The van der Waals surface area contributed by atoms with Crippen LogP contribution < -0.4 is 0 Å². The molecule has 2 aromatic carbocycles. The first-order valence-corrected chi connectivity index (χ1v) is 15.3. The number of nitrogens with zero attached hydrogens (tertiary/aromatic N) is 1. The molecule has 1 saturated heterocycles. The minimum atomic E-state index is -3.39. The van der Waals surface area contributed by atoms with E-state index < -0.39 is 33.3 Å². The van der Waals surface area contributed by atoms with E-state index in [1.807, 2.05) is 44.2 Å². The highest BCUT2D eigenvalue weighted by molar-refractivity contribution is 7.92. The summed E-state index contributed by atoms with van der Waals surface area (Å²) in [6, 6.07) is 13.6. The van der Waals surface area contributed by atoms with Gasteiger partial charge in [0.05, 0.1) is 28.9 Å². The number of hydrogen-bond acceptors (Lipinski definition) is 4. The molecule has 1 N–H and O–H groups in total. The average molecular weight is 567 g/mol. The molecule has 6 nitrogen and oxygen atoms in total. The van der Waals surface area contributed by atoms with E-state index in [1.54, 1.807) is 23.1 Å². The van der Waals surface area contributed by atoms with Crippen LogP contribution in [0.2, 0.25) is 10.0 Å². The van der Waals surface area contributed by atoms with Crippen molar-refractivity contribution in [2.75, 3.05) is 5.75 Å². The fourth-order valence-corrected chi connectivity index (χ4v) is 8.17. The lowest BCUT2D eigenvalue weighted by molar-refractivity contribution is -0.161. The van der Waals surface area contributed by atoms with Crippen LogP contribution in [0.15, 0.2) is 48.5 Å². The third-order valence-corrected chi connectivity index (χ3v) is 10.8. The van der Waals surface area contributed by atoms with Gasteiger partial charge in [-0.25, -0.2) is 8.42 Å². The van der Waals surface area contributed by atoms with Crippen molar-refractivity contribution in [3.63, 3.8) is 0 Å². The maximum Gasteiger partial charge on any atom is 0.304 e. The zero-order valence-corrected chi connectivity index (χ0v) is 23.4. The number of amides is 1. The number of rotatable bonds is 10. The van der Waals surface area contributed by atoms with Crippen LogP contribution in [0.25, 0.3) is 0 Å². The second kappa shape index (κ2) is 11.0. The lowest BCUT2D eigenvalue weighted by atomic mass is 9.65. The molecule has 0 bridgehead atoms. The summed E-state index contributed by atoms with van der Waals surface area (Å²) >= 11 is 12.6. The maximum atomic E-state index is 14.4. The van der Waals surface area contributed by atoms with Crippen LogP contribution in [-0.4, -0.2) is 47.3 Å². The van der Waals surface area contributed by atoms with E-state index in [2.05, 4.69) is 0 Å². The zero-order valence-electron chi connectivity index (χ0n) is 21.1. The van der Waals surface area contributed by atoms with Crippen molar-refractivity contribution in [2.24, 2.45) is 5.41 Å². The molecule has 1 saturated carbocycles. The molecule has 1 amide bonds. The molecule has 2 aliphatic rings. The Morgan fingerprint density at radius 3 is 2.30 bits per heavy atom. The van der Waals surface area contributed by atoms with E-state index in [-0.39, 0.29) is 29.2 Å². The van der Waals surface area contributed by atoms with Crippen molar-refractivity contribution in [3.05, 3.63) is 69.7 Å². The third-order valence-electron chi connectivity index (χ3n) is 7.96. The predicted octanol–water partition coefficient (Wildman–Crippen LogP) is 6.28. The van der Waals surface area contributed by atoms with Crippen molar-refractivity contribution in [3.8, 4) is 0 Å². The Bertz CT molecular complexity index is 1260. The zero-order chi connectivity index (χ0) is 27.0.